The second-order valence-corrected chi connectivity index (χ2v) is 6.65. The van der Waals surface area contributed by atoms with Crippen LogP contribution in [0.3, 0.4) is 0 Å². The van der Waals surface area contributed by atoms with Crippen molar-refractivity contribution in [1.82, 2.24) is 10.2 Å². The predicted octanol–water partition coefficient (Wildman–Crippen LogP) is 2.12. The van der Waals surface area contributed by atoms with Gasteiger partial charge in [-0.1, -0.05) is 27.7 Å². The fourth-order valence-electron chi connectivity index (χ4n) is 2.56. The number of rotatable bonds is 5. The first-order valence-corrected chi connectivity index (χ1v) is 6.90. The van der Waals surface area contributed by atoms with E-state index in [0.717, 1.165) is 26.2 Å². The summed E-state index contributed by atoms with van der Waals surface area (Å²) in [5.41, 5.74) is 0.320. The average Bonchev–Trinajstić information content (AvgIpc) is 2.12. The summed E-state index contributed by atoms with van der Waals surface area (Å²) in [7, 11) is 0. The largest absolute Gasteiger partial charge is 0.373 e. The number of hydrogen-bond donors (Lipinski definition) is 1. The Labute approximate surface area is 107 Å². The number of nitrogens with one attached hydrogen (secondary N) is 1. The van der Waals surface area contributed by atoms with Gasteiger partial charge < -0.3 is 10.1 Å². The number of nitrogens with zero attached hydrogens (tertiary/aromatic N) is 1. The van der Waals surface area contributed by atoms with E-state index in [1.54, 1.807) is 0 Å². The molecule has 102 valence electrons. The molecule has 0 saturated carbocycles. The van der Waals surface area contributed by atoms with Gasteiger partial charge in [0.1, 0.15) is 0 Å². The summed E-state index contributed by atoms with van der Waals surface area (Å²) in [5, 5.41) is 3.54. The molecule has 0 aliphatic carbocycles. The molecule has 3 heteroatoms. The van der Waals surface area contributed by atoms with Gasteiger partial charge in [-0.15, -0.1) is 0 Å². The van der Waals surface area contributed by atoms with Gasteiger partial charge in [0.05, 0.1) is 12.2 Å². The smallest absolute Gasteiger partial charge is 0.0678 e. The highest BCUT2D eigenvalue weighted by Crippen LogP contribution is 2.19. The van der Waals surface area contributed by atoms with Gasteiger partial charge in [-0.2, -0.15) is 0 Å². The van der Waals surface area contributed by atoms with Crippen LogP contribution in [0.2, 0.25) is 0 Å². The van der Waals surface area contributed by atoms with Gasteiger partial charge in [0, 0.05) is 32.2 Å². The maximum Gasteiger partial charge on any atom is 0.0678 e. The number of hydrogen-bond acceptors (Lipinski definition) is 3. The Hall–Kier alpha value is -0.120. The second kappa shape index (κ2) is 6.17. The molecule has 0 aromatic rings. The van der Waals surface area contributed by atoms with E-state index in [-0.39, 0.29) is 0 Å². The van der Waals surface area contributed by atoms with Crippen molar-refractivity contribution in [2.24, 2.45) is 5.41 Å². The standard InChI is InChI=1S/C14H30N2O/c1-11(2)15-9-14(5,6)10-16-7-12(3)17-13(4)8-16/h11-13,15H,7-10H2,1-6H3. The lowest BCUT2D eigenvalue weighted by Crippen LogP contribution is -2.50. The zero-order chi connectivity index (χ0) is 13.1. The molecular formula is C14H30N2O. The van der Waals surface area contributed by atoms with E-state index in [2.05, 4.69) is 51.8 Å². The van der Waals surface area contributed by atoms with E-state index < -0.39 is 0 Å². The highest BCUT2D eigenvalue weighted by atomic mass is 16.5. The van der Waals surface area contributed by atoms with Crippen molar-refractivity contribution in [1.29, 1.82) is 0 Å². The van der Waals surface area contributed by atoms with Crippen molar-refractivity contribution in [3.63, 3.8) is 0 Å². The summed E-state index contributed by atoms with van der Waals surface area (Å²) in [4.78, 5) is 2.54. The quantitative estimate of drug-likeness (QED) is 0.799. The van der Waals surface area contributed by atoms with Crippen LogP contribution in [0.15, 0.2) is 0 Å². The fourth-order valence-corrected chi connectivity index (χ4v) is 2.56. The first-order chi connectivity index (χ1) is 7.78. The van der Waals surface area contributed by atoms with Crippen LogP contribution in [0.1, 0.15) is 41.5 Å². The predicted molar refractivity (Wildman–Crippen MR) is 73.4 cm³/mol. The lowest BCUT2D eigenvalue weighted by atomic mass is 9.91. The van der Waals surface area contributed by atoms with Crippen molar-refractivity contribution in [3.8, 4) is 0 Å². The van der Waals surface area contributed by atoms with E-state index in [1.807, 2.05) is 0 Å². The summed E-state index contributed by atoms with van der Waals surface area (Å²) >= 11 is 0. The lowest BCUT2D eigenvalue weighted by molar-refractivity contribution is -0.0756. The summed E-state index contributed by atoms with van der Waals surface area (Å²) in [6.07, 6.45) is 0.736. The zero-order valence-corrected chi connectivity index (χ0v) is 12.4. The highest BCUT2D eigenvalue weighted by Gasteiger charge is 2.27. The third kappa shape index (κ3) is 5.84. The molecule has 0 spiro atoms. The van der Waals surface area contributed by atoms with Crippen LogP contribution in [0.5, 0.6) is 0 Å². The normalized spacial score (nSPS) is 27.7. The molecule has 1 N–H and O–H groups in total. The molecule has 1 fully saturated rings. The van der Waals surface area contributed by atoms with Crippen LogP contribution in [0, 0.1) is 5.41 Å². The minimum absolute atomic E-state index is 0.320. The monoisotopic (exact) mass is 242 g/mol. The zero-order valence-electron chi connectivity index (χ0n) is 12.4. The maximum absolute atomic E-state index is 5.77. The molecule has 0 amide bonds. The van der Waals surface area contributed by atoms with E-state index in [4.69, 9.17) is 4.74 Å². The Bertz CT molecular complexity index is 218. The molecular weight excluding hydrogens is 212 g/mol. The summed E-state index contributed by atoms with van der Waals surface area (Å²) in [6.45, 7) is 17.8. The van der Waals surface area contributed by atoms with E-state index >= 15 is 0 Å². The molecule has 3 nitrogen and oxygen atoms in total. The SMILES string of the molecule is CC(C)NCC(C)(C)CN1CC(C)OC(C)C1. The third-order valence-electron chi connectivity index (χ3n) is 3.14. The fraction of sp³-hybridized carbons (Fsp3) is 1.00. The van der Waals surface area contributed by atoms with E-state index in [1.165, 1.54) is 0 Å². The van der Waals surface area contributed by atoms with Crippen LogP contribution in [-0.4, -0.2) is 49.3 Å². The van der Waals surface area contributed by atoms with E-state index in [9.17, 15) is 0 Å². The van der Waals surface area contributed by atoms with Crippen molar-refractivity contribution in [3.05, 3.63) is 0 Å². The van der Waals surface area contributed by atoms with Gasteiger partial charge in [0.25, 0.3) is 0 Å². The average molecular weight is 242 g/mol. The van der Waals surface area contributed by atoms with E-state index in [0.29, 0.717) is 23.7 Å². The minimum atomic E-state index is 0.320. The molecule has 0 radical (unpaired) electrons. The molecule has 0 aromatic heterocycles. The van der Waals surface area contributed by atoms with Crippen molar-refractivity contribution >= 4 is 0 Å². The maximum atomic E-state index is 5.77. The Morgan fingerprint density at radius 2 is 1.76 bits per heavy atom. The topological polar surface area (TPSA) is 24.5 Å². The Kier molecular flexibility index (Phi) is 5.42. The van der Waals surface area contributed by atoms with Gasteiger partial charge >= 0.3 is 0 Å². The Balaban J connectivity index is 2.40. The van der Waals surface area contributed by atoms with Crippen molar-refractivity contribution in [2.75, 3.05) is 26.2 Å². The molecule has 1 heterocycles. The molecule has 1 aliphatic heterocycles. The summed E-state index contributed by atoms with van der Waals surface area (Å²) in [5.74, 6) is 0. The second-order valence-electron chi connectivity index (χ2n) is 6.65. The molecule has 17 heavy (non-hydrogen) atoms. The lowest BCUT2D eigenvalue weighted by Gasteiger charge is -2.40. The molecule has 0 bridgehead atoms. The molecule has 0 aromatic carbocycles. The van der Waals surface area contributed by atoms with Crippen LogP contribution in [0.25, 0.3) is 0 Å². The first kappa shape index (κ1) is 14.9. The summed E-state index contributed by atoms with van der Waals surface area (Å²) in [6, 6.07) is 0.566. The first-order valence-electron chi connectivity index (χ1n) is 6.90. The molecule has 1 saturated heterocycles. The van der Waals surface area contributed by atoms with Crippen LogP contribution in [0.4, 0.5) is 0 Å². The van der Waals surface area contributed by atoms with Gasteiger partial charge in [0.15, 0.2) is 0 Å². The van der Waals surface area contributed by atoms with Gasteiger partial charge in [-0.05, 0) is 19.3 Å². The van der Waals surface area contributed by atoms with Crippen molar-refractivity contribution < 1.29 is 4.74 Å². The minimum Gasteiger partial charge on any atom is -0.373 e. The van der Waals surface area contributed by atoms with Gasteiger partial charge in [-0.25, -0.2) is 0 Å². The third-order valence-corrected chi connectivity index (χ3v) is 3.14. The number of ether oxygens (including phenoxy) is 1. The van der Waals surface area contributed by atoms with Crippen LogP contribution < -0.4 is 5.32 Å². The summed E-state index contributed by atoms with van der Waals surface area (Å²) < 4.78 is 5.77. The highest BCUT2D eigenvalue weighted by molar-refractivity contribution is 4.81. The van der Waals surface area contributed by atoms with Crippen LogP contribution >= 0.6 is 0 Å². The molecule has 2 atom stereocenters. The van der Waals surface area contributed by atoms with Crippen molar-refractivity contribution in [2.45, 2.75) is 59.8 Å². The number of morpholine rings is 1. The van der Waals surface area contributed by atoms with Gasteiger partial charge in [0.2, 0.25) is 0 Å². The molecule has 1 rings (SSSR count). The molecule has 1 aliphatic rings. The Morgan fingerprint density at radius 3 is 2.24 bits per heavy atom. The van der Waals surface area contributed by atoms with Gasteiger partial charge in [-0.3, -0.25) is 4.90 Å². The van der Waals surface area contributed by atoms with Crippen LogP contribution in [-0.2, 0) is 4.74 Å². The molecule has 2 unspecified atom stereocenters. The Morgan fingerprint density at radius 1 is 1.24 bits per heavy atom.